The predicted molar refractivity (Wildman–Crippen MR) is 75.8 cm³/mol. The van der Waals surface area contributed by atoms with Crippen LogP contribution in [0.5, 0.6) is 0 Å². The van der Waals surface area contributed by atoms with Gasteiger partial charge in [-0.1, -0.05) is 13.8 Å². The molecule has 2 heterocycles. The van der Waals surface area contributed by atoms with Crippen molar-refractivity contribution < 1.29 is 5.11 Å². The van der Waals surface area contributed by atoms with Gasteiger partial charge in [0.05, 0.1) is 5.60 Å². The zero-order valence-corrected chi connectivity index (χ0v) is 12.2. The molecule has 0 aliphatic carbocycles. The van der Waals surface area contributed by atoms with Gasteiger partial charge in [-0.15, -0.1) is 0 Å². The molecule has 18 heavy (non-hydrogen) atoms. The lowest BCUT2D eigenvalue weighted by molar-refractivity contribution is -0.0142. The molecule has 3 heteroatoms. The summed E-state index contributed by atoms with van der Waals surface area (Å²) in [6.07, 6.45) is 7.12. The third-order valence-corrected chi connectivity index (χ3v) is 5.05. The Morgan fingerprint density at radius 3 is 2.06 bits per heavy atom. The van der Waals surface area contributed by atoms with Crippen LogP contribution < -0.4 is 0 Å². The Balaban J connectivity index is 1.76. The van der Waals surface area contributed by atoms with Gasteiger partial charge >= 0.3 is 0 Å². The van der Waals surface area contributed by atoms with Crippen LogP contribution in [0.25, 0.3) is 0 Å². The quantitative estimate of drug-likeness (QED) is 0.814. The summed E-state index contributed by atoms with van der Waals surface area (Å²) in [4.78, 5) is 5.16. The molecule has 0 spiro atoms. The van der Waals surface area contributed by atoms with Gasteiger partial charge in [-0.05, 0) is 64.7 Å². The molecular formula is C15H30N2O. The van der Waals surface area contributed by atoms with Crippen LogP contribution in [0.3, 0.4) is 0 Å². The van der Waals surface area contributed by atoms with Crippen LogP contribution in [0, 0.1) is 0 Å². The van der Waals surface area contributed by atoms with Gasteiger partial charge in [0.1, 0.15) is 0 Å². The van der Waals surface area contributed by atoms with E-state index in [9.17, 15) is 5.11 Å². The van der Waals surface area contributed by atoms with Crippen molar-refractivity contribution in [2.75, 3.05) is 32.7 Å². The smallest absolute Gasteiger partial charge is 0.0768 e. The fraction of sp³-hybridized carbons (Fsp3) is 1.00. The SMILES string of the molecule is CCC(O)(CC)CN1CCC(N2CCCC2)CC1. The van der Waals surface area contributed by atoms with Gasteiger partial charge in [0.25, 0.3) is 0 Å². The summed E-state index contributed by atoms with van der Waals surface area (Å²) < 4.78 is 0. The minimum Gasteiger partial charge on any atom is -0.389 e. The molecule has 2 aliphatic rings. The zero-order chi connectivity index (χ0) is 13.0. The van der Waals surface area contributed by atoms with Gasteiger partial charge < -0.3 is 14.9 Å². The Kier molecular flexibility index (Phi) is 5.05. The highest BCUT2D eigenvalue weighted by atomic mass is 16.3. The molecule has 0 aromatic rings. The van der Waals surface area contributed by atoms with Crippen LogP contribution in [0.4, 0.5) is 0 Å². The average molecular weight is 254 g/mol. The maximum atomic E-state index is 10.4. The molecule has 2 saturated heterocycles. The van der Waals surface area contributed by atoms with Crippen LogP contribution in [0.15, 0.2) is 0 Å². The highest BCUT2D eigenvalue weighted by Crippen LogP contribution is 2.23. The number of piperidine rings is 1. The molecule has 2 rings (SSSR count). The van der Waals surface area contributed by atoms with Crippen molar-refractivity contribution in [2.45, 2.75) is 64.0 Å². The molecule has 2 aliphatic heterocycles. The van der Waals surface area contributed by atoms with Gasteiger partial charge in [-0.2, -0.15) is 0 Å². The fourth-order valence-corrected chi connectivity index (χ4v) is 3.44. The van der Waals surface area contributed by atoms with E-state index in [-0.39, 0.29) is 0 Å². The average Bonchev–Trinajstić information content (AvgIpc) is 2.93. The summed E-state index contributed by atoms with van der Waals surface area (Å²) in [5.74, 6) is 0. The first kappa shape index (κ1) is 14.3. The van der Waals surface area contributed by atoms with E-state index in [0.717, 1.165) is 25.4 Å². The van der Waals surface area contributed by atoms with Crippen LogP contribution in [0.2, 0.25) is 0 Å². The lowest BCUT2D eigenvalue weighted by Crippen LogP contribution is -2.49. The number of likely N-dealkylation sites (tertiary alicyclic amines) is 2. The van der Waals surface area contributed by atoms with Crippen molar-refractivity contribution in [1.29, 1.82) is 0 Å². The minimum absolute atomic E-state index is 0.458. The molecule has 0 unspecified atom stereocenters. The molecular weight excluding hydrogens is 224 g/mol. The van der Waals surface area contributed by atoms with Gasteiger partial charge in [0.15, 0.2) is 0 Å². The number of hydrogen-bond donors (Lipinski definition) is 1. The lowest BCUT2D eigenvalue weighted by atomic mass is 9.95. The van der Waals surface area contributed by atoms with E-state index < -0.39 is 5.60 Å². The molecule has 0 aromatic carbocycles. The van der Waals surface area contributed by atoms with Crippen LogP contribution >= 0.6 is 0 Å². The van der Waals surface area contributed by atoms with Gasteiger partial charge in [0.2, 0.25) is 0 Å². The highest BCUT2D eigenvalue weighted by Gasteiger charge is 2.30. The molecule has 1 N–H and O–H groups in total. The maximum Gasteiger partial charge on any atom is 0.0768 e. The standard InChI is InChI=1S/C15H30N2O/c1-3-15(18,4-2)13-16-11-7-14(8-12-16)17-9-5-6-10-17/h14,18H,3-13H2,1-2H3. The normalized spacial score (nSPS) is 24.8. The maximum absolute atomic E-state index is 10.4. The van der Waals surface area contributed by atoms with Crippen molar-refractivity contribution in [3.05, 3.63) is 0 Å². The first-order valence-corrected chi connectivity index (χ1v) is 7.85. The van der Waals surface area contributed by atoms with Crippen molar-refractivity contribution >= 4 is 0 Å². The second kappa shape index (κ2) is 6.36. The Morgan fingerprint density at radius 2 is 1.56 bits per heavy atom. The third kappa shape index (κ3) is 3.46. The topological polar surface area (TPSA) is 26.7 Å². The van der Waals surface area contributed by atoms with E-state index in [1.807, 2.05) is 0 Å². The van der Waals surface area contributed by atoms with Crippen molar-refractivity contribution in [2.24, 2.45) is 0 Å². The summed E-state index contributed by atoms with van der Waals surface area (Å²) in [5, 5.41) is 10.4. The van der Waals surface area contributed by atoms with Gasteiger partial charge in [-0.3, -0.25) is 0 Å². The van der Waals surface area contributed by atoms with E-state index in [4.69, 9.17) is 0 Å². The summed E-state index contributed by atoms with van der Waals surface area (Å²) >= 11 is 0. The zero-order valence-electron chi connectivity index (χ0n) is 12.2. The van der Waals surface area contributed by atoms with Crippen molar-refractivity contribution in [3.8, 4) is 0 Å². The monoisotopic (exact) mass is 254 g/mol. The fourth-order valence-electron chi connectivity index (χ4n) is 3.44. The second-order valence-corrected chi connectivity index (χ2v) is 6.18. The summed E-state index contributed by atoms with van der Waals surface area (Å²) in [5.41, 5.74) is -0.458. The van der Waals surface area contributed by atoms with Crippen molar-refractivity contribution in [1.82, 2.24) is 9.80 Å². The molecule has 2 fully saturated rings. The van der Waals surface area contributed by atoms with E-state index in [2.05, 4.69) is 23.6 Å². The Morgan fingerprint density at radius 1 is 1.00 bits per heavy atom. The Bertz CT molecular complexity index is 239. The summed E-state index contributed by atoms with van der Waals surface area (Å²) in [6.45, 7) is 10.0. The van der Waals surface area contributed by atoms with Crippen LogP contribution in [-0.4, -0.2) is 59.3 Å². The number of β-amino-alcohol motifs (C(OH)–C–C–N with tert-alkyl or cyclic N) is 1. The summed E-state index contributed by atoms with van der Waals surface area (Å²) in [6, 6.07) is 0.820. The van der Waals surface area contributed by atoms with Crippen LogP contribution in [-0.2, 0) is 0 Å². The van der Waals surface area contributed by atoms with Gasteiger partial charge in [0, 0.05) is 12.6 Å². The molecule has 0 saturated carbocycles. The highest BCUT2D eigenvalue weighted by molar-refractivity contribution is 4.86. The first-order valence-electron chi connectivity index (χ1n) is 7.85. The predicted octanol–water partition coefficient (Wildman–Crippen LogP) is 2.10. The van der Waals surface area contributed by atoms with E-state index in [1.165, 1.54) is 51.9 Å². The molecule has 0 radical (unpaired) electrons. The molecule has 0 bridgehead atoms. The van der Waals surface area contributed by atoms with E-state index in [1.54, 1.807) is 0 Å². The van der Waals surface area contributed by atoms with Crippen LogP contribution in [0.1, 0.15) is 52.4 Å². The summed E-state index contributed by atoms with van der Waals surface area (Å²) in [7, 11) is 0. The van der Waals surface area contributed by atoms with Gasteiger partial charge in [-0.25, -0.2) is 0 Å². The third-order valence-electron chi connectivity index (χ3n) is 5.05. The number of nitrogens with zero attached hydrogens (tertiary/aromatic N) is 2. The number of hydrogen-bond acceptors (Lipinski definition) is 3. The van der Waals surface area contributed by atoms with E-state index >= 15 is 0 Å². The first-order chi connectivity index (χ1) is 8.67. The molecule has 3 nitrogen and oxygen atoms in total. The lowest BCUT2D eigenvalue weighted by Gasteiger charge is -2.40. The minimum atomic E-state index is -0.458. The molecule has 0 aromatic heterocycles. The largest absolute Gasteiger partial charge is 0.389 e. The van der Waals surface area contributed by atoms with Crippen molar-refractivity contribution in [3.63, 3.8) is 0 Å². The van der Waals surface area contributed by atoms with E-state index in [0.29, 0.717) is 0 Å². The molecule has 106 valence electrons. The molecule has 0 atom stereocenters. The number of rotatable bonds is 5. The number of aliphatic hydroxyl groups is 1. The Hall–Kier alpha value is -0.120. The Labute approximate surface area is 112 Å². The molecule has 0 amide bonds. The second-order valence-electron chi connectivity index (χ2n) is 6.18.